The van der Waals surface area contributed by atoms with E-state index < -0.39 is 17.9 Å². The Morgan fingerprint density at radius 2 is 2.05 bits per heavy atom. The Kier molecular flexibility index (Phi) is 4.81. The number of halogens is 1. The smallest absolute Gasteiger partial charge is 0.354 e. The molecule has 8 heteroatoms. The number of carbonyl (C=O) groups is 3. The molecule has 0 bridgehead atoms. The molecule has 0 radical (unpaired) electrons. The lowest BCUT2D eigenvalue weighted by Gasteiger charge is -2.13. The summed E-state index contributed by atoms with van der Waals surface area (Å²) in [7, 11) is 2.36. The minimum atomic E-state index is -0.777. The van der Waals surface area contributed by atoms with Crippen LogP contribution in [-0.4, -0.2) is 32.1 Å². The highest BCUT2D eigenvalue weighted by atomic mass is 79.9. The molecule has 1 heterocycles. The number of benzene rings is 1. The van der Waals surface area contributed by atoms with Crippen molar-refractivity contribution in [2.45, 2.75) is 6.61 Å². The van der Waals surface area contributed by atoms with Gasteiger partial charge in [0.25, 0.3) is 0 Å². The topological polar surface area (TPSA) is 90.9 Å². The van der Waals surface area contributed by atoms with Crippen molar-refractivity contribution in [3.63, 3.8) is 0 Å². The molecule has 0 spiro atoms. The maximum Gasteiger partial charge on any atom is 0.354 e. The minimum Gasteiger partial charge on any atom is -0.466 e. The second-order valence-electron chi connectivity index (χ2n) is 4.23. The van der Waals surface area contributed by atoms with E-state index in [1.54, 1.807) is 12.1 Å². The van der Waals surface area contributed by atoms with Crippen LogP contribution >= 0.6 is 15.9 Å². The third-order valence-electron chi connectivity index (χ3n) is 2.93. The van der Waals surface area contributed by atoms with Crippen LogP contribution in [0.5, 0.6) is 0 Å². The van der Waals surface area contributed by atoms with Crippen molar-refractivity contribution in [2.24, 2.45) is 0 Å². The number of nitrogens with one attached hydrogen (secondary N) is 1. The molecule has 0 fully saturated rings. The summed E-state index contributed by atoms with van der Waals surface area (Å²) in [5.41, 5.74) is 1.13. The Morgan fingerprint density at radius 1 is 1.32 bits per heavy atom. The van der Waals surface area contributed by atoms with E-state index >= 15 is 0 Å². The van der Waals surface area contributed by atoms with Gasteiger partial charge in [-0.05, 0) is 22.0 Å². The lowest BCUT2D eigenvalue weighted by atomic mass is 10.1. The van der Waals surface area contributed by atoms with Crippen LogP contribution in [0.3, 0.4) is 0 Å². The van der Waals surface area contributed by atoms with Crippen molar-refractivity contribution in [3.8, 4) is 0 Å². The normalized spacial score (nSPS) is 13.2. The van der Waals surface area contributed by atoms with Gasteiger partial charge in [0.15, 0.2) is 0 Å². The number of carbonyl (C=O) groups excluding carboxylic acids is 3. The Hall–Kier alpha value is -2.35. The summed E-state index contributed by atoms with van der Waals surface area (Å²) >= 11 is 3.29. The minimum absolute atomic E-state index is 0.157. The van der Waals surface area contributed by atoms with Crippen LogP contribution in [0.25, 0.3) is 0 Å². The zero-order valence-electron chi connectivity index (χ0n) is 11.8. The van der Waals surface area contributed by atoms with Gasteiger partial charge < -0.3 is 19.5 Å². The van der Waals surface area contributed by atoms with Crippen LogP contribution in [0.1, 0.15) is 15.9 Å². The first kappa shape index (κ1) is 16.0. The second kappa shape index (κ2) is 6.61. The summed E-state index contributed by atoms with van der Waals surface area (Å²) in [5.74, 6) is -2.03. The molecule has 0 amide bonds. The molecular formula is C14H12BrNO6. The van der Waals surface area contributed by atoms with Gasteiger partial charge in [0, 0.05) is 10.0 Å². The van der Waals surface area contributed by atoms with Gasteiger partial charge in [-0.1, -0.05) is 6.07 Å². The summed E-state index contributed by atoms with van der Waals surface area (Å²) in [6, 6.07) is 3.44. The molecule has 0 aliphatic carbocycles. The number of esters is 3. The van der Waals surface area contributed by atoms with Crippen molar-refractivity contribution in [2.75, 3.05) is 19.5 Å². The van der Waals surface area contributed by atoms with E-state index in [0.717, 1.165) is 6.08 Å². The van der Waals surface area contributed by atoms with Gasteiger partial charge in [0.2, 0.25) is 0 Å². The molecule has 7 nitrogen and oxygen atoms in total. The molecule has 0 saturated carbocycles. The average Bonchev–Trinajstić information content (AvgIpc) is 2.89. The zero-order valence-corrected chi connectivity index (χ0v) is 13.4. The Labute approximate surface area is 134 Å². The Balaban J connectivity index is 2.46. The fraction of sp³-hybridized carbons (Fsp3) is 0.214. The van der Waals surface area contributed by atoms with Gasteiger partial charge in [-0.25, -0.2) is 14.4 Å². The second-order valence-corrected chi connectivity index (χ2v) is 5.08. The SMILES string of the molecule is COC(=O)/C=C(/Nc1c(Br)ccc2c1C(=O)OC2)C(=O)OC. The van der Waals surface area contributed by atoms with Crippen LogP contribution < -0.4 is 5.32 Å². The molecule has 22 heavy (non-hydrogen) atoms. The van der Waals surface area contributed by atoms with Crippen molar-refractivity contribution in [1.82, 2.24) is 0 Å². The van der Waals surface area contributed by atoms with E-state index in [1.807, 2.05) is 0 Å². The predicted molar refractivity (Wildman–Crippen MR) is 79.0 cm³/mol. The van der Waals surface area contributed by atoms with Gasteiger partial charge in [0.05, 0.1) is 31.5 Å². The number of fused-ring (bicyclic) bond motifs is 1. The van der Waals surface area contributed by atoms with Gasteiger partial charge >= 0.3 is 17.9 Å². The molecule has 2 rings (SSSR count). The van der Waals surface area contributed by atoms with E-state index in [-0.39, 0.29) is 12.3 Å². The highest BCUT2D eigenvalue weighted by Gasteiger charge is 2.28. The van der Waals surface area contributed by atoms with Gasteiger partial charge in [-0.2, -0.15) is 0 Å². The van der Waals surface area contributed by atoms with Crippen LogP contribution in [0, 0.1) is 0 Å². The van der Waals surface area contributed by atoms with Crippen molar-refractivity contribution >= 4 is 39.5 Å². The fourth-order valence-electron chi connectivity index (χ4n) is 1.88. The monoisotopic (exact) mass is 369 g/mol. The standard InChI is InChI=1S/C14H12BrNO6/c1-20-10(17)5-9(13(18)21-2)16-12-8(15)4-3-7-6-22-14(19)11(7)12/h3-5,16H,6H2,1-2H3/b9-5+. The molecule has 0 unspecified atom stereocenters. The number of hydrogen-bond acceptors (Lipinski definition) is 7. The molecule has 116 valence electrons. The highest BCUT2D eigenvalue weighted by molar-refractivity contribution is 9.10. The van der Waals surface area contributed by atoms with E-state index in [9.17, 15) is 14.4 Å². The number of cyclic esters (lactones) is 1. The molecule has 1 N–H and O–H groups in total. The number of anilines is 1. The molecule has 1 aliphatic heterocycles. The lowest BCUT2D eigenvalue weighted by Crippen LogP contribution is -2.17. The van der Waals surface area contributed by atoms with E-state index in [0.29, 0.717) is 21.3 Å². The number of methoxy groups -OCH3 is 2. The zero-order chi connectivity index (χ0) is 16.3. The molecule has 0 aromatic heterocycles. The molecule has 1 aromatic rings. The molecule has 0 atom stereocenters. The summed E-state index contributed by atoms with van der Waals surface area (Å²) < 4.78 is 14.6. The van der Waals surface area contributed by atoms with E-state index in [4.69, 9.17) is 4.74 Å². The number of rotatable bonds is 4. The summed E-state index contributed by atoms with van der Waals surface area (Å²) in [6.07, 6.45) is 0.942. The fourth-order valence-corrected chi connectivity index (χ4v) is 2.31. The Morgan fingerprint density at radius 3 is 2.68 bits per heavy atom. The van der Waals surface area contributed by atoms with Crippen molar-refractivity contribution in [3.05, 3.63) is 39.5 Å². The maximum absolute atomic E-state index is 11.8. The van der Waals surface area contributed by atoms with Crippen molar-refractivity contribution in [1.29, 1.82) is 0 Å². The predicted octanol–water partition coefficient (Wildman–Crippen LogP) is 1.76. The van der Waals surface area contributed by atoms with Crippen LogP contribution in [0.15, 0.2) is 28.4 Å². The maximum atomic E-state index is 11.8. The Bertz CT molecular complexity index is 682. The van der Waals surface area contributed by atoms with Crippen molar-refractivity contribution < 1.29 is 28.6 Å². The van der Waals surface area contributed by atoms with Gasteiger partial charge in [0.1, 0.15) is 12.3 Å². The quantitative estimate of drug-likeness (QED) is 0.491. The lowest BCUT2D eigenvalue weighted by molar-refractivity contribution is -0.138. The van der Waals surface area contributed by atoms with Crippen LogP contribution in [0.4, 0.5) is 5.69 Å². The number of hydrogen-bond donors (Lipinski definition) is 1. The largest absolute Gasteiger partial charge is 0.466 e. The highest BCUT2D eigenvalue weighted by Crippen LogP contribution is 2.34. The third-order valence-corrected chi connectivity index (χ3v) is 3.59. The van der Waals surface area contributed by atoms with Gasteiger partial charge in [-0.3, -0.25) is 0 Å². The van der Waals surface area contributed by atoms with E-state index in [1.165, 1.54) is 14.2 Å². The third kappa shape index (κ3) is 3.11. The van der Waals surface area contributed by atoms with E-state index in [2.05, 4.69) is 30.7 Å². The first-order chi connectivity index (χ1) is 10.5. The average molecular weight is 370 g/mol. The molecular weight excluding hydrogens is 358 g/mol. The number of ether oxygens (including phenoxy) is 3. The molecule has 1 aromatic carbocycles. The summed E-state index contributed by atoms with van der Waals surface area (Å²) in [5, 5.41) is 2.73. The van der Waals surface area contributed by atoms with Crippen LogP contribution in [0.2, 0.25) is 0 Å². The molecule has 0 saturated heterocycles. The summed E-state index contributed by atoms with van der Waals surface area (Å²) in [4.78, 5) is 35.0. The van der Waals surface area contributed by atoms with Crippen LogP contribution in [-0.2, 0) is 30.4 Å². The summed E-state index contributed by atoms with van der Waals surface area (Å²) in [6.45, 7) is 0.157. The first-order valence-corrected chi connectivity index (χ1v) is 6.90. The first-order valence-electron chi connectivity index (χ1n) is 6.11. The van der Waals surface area contributed by atoms with Gasteiger partial charge in [-0.15, -0.1) is 0 Å². The molecule has 1 aliphatic rings.